The third kappa shape index (κ3) is 3.84. The minimum absolute atomic E-state index is 0.129. The van der Waals surface area contributed by atoms with Crippen LogP contribution in [-0.2, 0) is 6.54 Å². The highest BCUT2D eigenvalue weighted by Gasteiger charge is 2.16. The molecule has 6 nitrogen and oxygen atoms in total. The highest BCUT2D eigenvalue weighted by Crippen LogP contribution is 2.14. The first kappa shape index (κ1) is 17.1. The Balaban J connectivity index is 1.86. The third-order valence-corrected chi connectivity index (χ3v) is 3.83. The van der Waals surface area contributed by atoms with Crippen molar-refractivity contribution in [3.63, 3.8) is 0 Å². The van der Waals surface area contributed by atoms with E-state index in [0.717, 1.165) is 5.56 Å². The fraction of sp³-hybridized carbons (Fsp3) is 0.100. The quantitative estimate of drug-likeness (QED) is 0.645. The summed E-state index contributed by atoms with van der Waals surface area (Å²) in [6, 6.07) is 12.8. The number of hydrogen-bond acceptors (Lipinski definition) is 4. The van der Waals surface area contributed by atoms with Gasteiger partial charge in [0.15, 0.2) is 0 Å². The fourth-order valence-corrected chi connectivity index (χ4v) is 2.60. The van der Waals surface area contributed by atoms with Crippen molar-refractivity contribution in [1.29, 1.82) is 5.26 Å². The molecule has 1 aromatic carbocycles. The fourth-order valence-electron chi connectivity index (χ4n) is 2.60. The van der Waals surface area contributed by atoms with E-state index in [4.69, 9.17) is 5.26 Å². The summed E-state index contributed by atoms with van der Waals surface area (Å²) in [6.45, 7) is 4.53. The molecule has 0 spiro atoms. The number of rotatable bonds is 6. The zero-order valence-electron chi connectivity index (χ0n) is 14.1. The number of nitriles is 1. The van der Waals surface area contributed by atoms with Crippen LogP contribution < -0.4 is 0 Å². The highest BCUT2D eigenvalue weighted by atomic mass is 16.2. The Labute approximate surface area is 151 Å². The van der Waals surface area contributed by atoms with Gasteiger partial charge in [-0.05, 0) is 29.8 Å². The minimum Gasteiger partial charge on any atom is -0.331 e. The van der Waals surface area contributed by atoms with Crippen LogP contribution >= 0.6 is 0 Å². The molecule has 0 fully saturated rings. The predicted molar refractivity (Wildman–Crippen MR) is 97.5 cm³/mol. The van der Waals surface area contributed by atoms with Crippen molar-refractivity contribution in [3.8, 4) is 11.9 Å². The molecule has 3 rings (SSSR count). The standard InChI is InChI=1S/C20H17N5O/c1-2-9-24(14-17-5-3-4-16(11-17)13-21)20(26)18-6-7-23-19(12-18)25-10-8-22-15-25/h2-8,10-12,15H,1,9,14H2. The lowest BCUT2D eigenvalue weighted by molar-refractivity contribution is 0.0762. The molecule has 0 N–H and O–H groups in total. The van der Waals surface area contributed by atoms with E-state index in [0.29, 0.717) is 30.0 Å². The van der Waals surface area contributed by atoms with Gasteiger partial charge in [0.25, 0.3) is 5.91 Å². The topological polar surface area (TPSA) is 74.8 Å². The Morgan fingerprint density at radius 2 is 2.19 bits per heavy atom. The molecule has 1 amide bonds. The number of carbonyl (C=O) groups is 1. The summed E-state index contributed by atoms with van der Waals surface area (Å²) in [6.07, 6.45) is 8.34. The van der Waals surface area contributed by atoms with Crippen LogP contribution in [0.2, 0.25) is 0 Å². The number of pyridine rings is 1. The first-order valence-corrected chi connectivity index (χ1v) is 8.05. The second kappa shape index (κ2) is 7.90. The van der Waals surface area contributed by atoms with Crippen LogP contribution in [0.15, 0.2) is 74.0 Å². The normalized spacial score (nSPS) is 10.1. The molecule has 2 heterocycles. The van der Waals surface area contributed by atoms with E-state index in [9.17, 15) is 4.79 Å². The van der Waals surface area contributed by atoms with Gasteiger partial charge in [0.1, 0.15) is 12.1 Å². The second-order valence-corrected chi connectivity index (χ2v) is 5.66. The summed E-state index contributed by atoms with van der Waals surface area (Å²) in [5, 5.41) is 9.05. The minimum atomic E-state index is -0.129. The van der Waals surface area contributed by atoms with Gasteiger partial charge in [-0.15, -0.1) is 6.58 Å². The maximum Gasteiger partial charge on any atom is 0.254 e. The van der Waals surface area contributed by atoms with Crippen LogP contribution in [0.3, 0.4) is 0 Å². The van der Waals surface area contributed by atoms with Gasteiger partial charge in [0.2, 0.25) is 0 Å². The SMILES string of the molecule is C=CCN(Cc1cccc(C#N)c1)C(=O)c1ccnc(-n2ccnc2)c1. The van der Waals surface area contributed by atoms with Crippen molar-refractivity contribution in [2.24, 2.45) is 0 Å². The Kier molecular flexibility index (Phi) is 5.20. The lowest BCUT2D eigenvalue weighted by atomic mass is 10.1. The number of aromatic nitrogens is 3. The molecular weight excluding hydrogens is 326 g/mol. The Hall–Kier alpha value is -3.72. The summed E-state index contributed by atoms with van der Waals surface area (Å²) < 4.78 is 1.74. The van der Waals surface area contributed by atoms with Gasteiger partial charge in [0.05, 0.1) is 11.6 Å². The molecule has 128 valence electrons. The molecule has 0 saturated heterocycles. The lowest BCUT2D eigenvalue weighted by Crippen LogP contribution is -2.30. The monoisotopic (exact) mass is 343 g/mol. The smallest absolute Gasteiger partial charge is 0.254 e. The van der Waals surface area contributed by atoms with Crippen molar-refractivity contribution in [3.05, 3.63) is 90.7 Å². The lowest BCUT2D eigenvalue weighted by Gasteiger charge is -2.21. The molecular formula is C20H17N5O. The third-order valence-electron chi connectivity index (χ3n) is 3.83. The van der Waals surface area contributed by atoms with Crippen LogP contribution in [0.25, 0.3) is 5.82 Å². The summed E-state index contributed by atoms with van der Waals surface area (Å²) in [7, 11) is 0. The first-order chi connectivity index (χ1) is 12.7. The van der Waals surface area contributed by atoms with Gasteiger partial charge in [-0.1, -0.05) is 18.2 Å². The van der Waals surface area contributed by atoms with Crippen LogP contribution in [0, 0.1) is 11.3 Å². The van der Waals surface area contributed by atoms with Crippen molar-refractivity contribution >= 4 is 5.91 Å². The van der Waals surface area contributed by atoms with E-state index in [2.05, 4.69) is 22.6 Å². The predicted octanol–water partition coefficient (Wildman–Crippen LogP) is 2.97. The molecule has 0 aliphatic rings. The number of imidazole rings is 1. The van der Waals surface area contributed by atoms with Crippen LogP contribution in [0.5, 0.6) is 0 Å². The zero-order chi connectivity index (χ0) is 18.4. The molecule has 6 heteroatoms. The van der Waals surface area contributed by atoms with Gasteiger partial charge < -0.3 is 4.90 Å². The molecule has 0 unspecified atom stereocenters. The van der Waals surface area contributed by atoms with E-state index in [1.165, 1.54) is 0 Å². The molecule has 26 heavy (non-hydrogen) atoms. The van der Waals surface area contributed by atoms with Gasteiger partial charge in [-0.25, -0.2) is 9.97 Å². The number of benzene rings is 1. The van der Waals surface area contributed by atoms with Crippen molar-refractivity contribution < 1.29 is 4.79 Å². The van der Waals surface area contributed by atoms with Crippen LogP contribution in [-0.4, -0.2) is 31.9 Å². The molecule has 0 aliphatic heterocycles. The Bertz CT molecular complexity index is 956. The van der Waals surface area contributed by atoms with Crippen LogP contribution in [0.1, 0.15) is 21.5 Å². The highest BCUT2D eigenvalue weighted by molar-refractivity contribution is 5.94. The Morgan fingerprint density at radius 1 is 1.31 bits per heavy atom. The molecule has 2 aromatic heterocycles. The second-order valence-electron chi connectivity index (χ2n) is 5.66. The molecule has 0 saturated carbocycles. The summed E-state index contributed by atoms with van der Waals surface area (Å²) >= 11 is 0. The summed E-state index contributed by atoms with van der Waals surface area (Å²) in [5.41, 5.74) is 1.99. The maximum absolute atomic E-state index is 13.0. The molecule has 0 bridgehead atoms. The van der Waals surface area contributed by atoms with Crippen molar-refractivity contribution in [2.75, 3.05) is 6.54 Å². The summed E-state index contributed by atoms with van der Waals surface area (Å²) in [4.78, 5) is 22.9. The van der Waals surface area contributed by atoms with Gasteiger partial charge in [-0.3, -0.25) is 9.36 Å². The zero-order valence-corrected chi connectivity index (χ0v) is 14.1. The van der Waals surface area contributed by atoms with Gasteiger partial charge >= 0.3 is 0 Å². The number of amides is 1. The van der Waals surface area contributed by atoms with E-state index in [1.807, 2.05) is 12.1 Å². The Morgan fingerprint density at radius 3 is 2.92 bits per heavy atom. The van der Waals surface area contributed by atoms with E-state index < -0.39 is 0 Å². The van der Waals surface area contributed by atoms with Crippen molar-refractivity contribution in [1.82, 2.24) is 19.4 Å². The van der Waals surface area contributed by atoms with Crippen LogP contribution in [0.4, 0.5) is 0 Å². The van der Waals surface area contributed by atoms with E-state index in [1.54, 1.807) is 64.7 Å². The number of nitrogens with zero attached hydrogens (tertiary/aromatic N) is 5. The number of carbonyl (C=O) groups excluding carboxylic acids is 1. The average molecular weight is 343 g/mol. The average Bonchev–Trinajstić information content (AvgIpc) is 3.22. The first-order valence-electron chi connectivity index (χ1n) is 8.05. The molecule has 0 radical (unpaired) electrons. The summed E-state index contributed by atoms with van der Waals surface area (Å²) in [5.74, 6) is 0.495. The van der Waals surface area contributed by atoms with Crippen molar-refractivity contribution in [2.45, 2.75) is 6.54 Å². The molecule has 0 atom stereocenters. The van der Waals surface area contributed by atoms with Gasteiger partial charge in [0, 0.05) is 37.2 Å². The number of hydrogen-bond donors (Lipinski definition) is 0. The largest absolute Gasteiger partial charge is 0.331 e. The maximum atomic E-state index is 13.0. The molecule has 0 aliphatic carbocycles. The van der Waals surface area contributed by atoms with E-state index in [-0.39, 0.29) is 5.91 Å². The van der Waals surface area contributed by atoms with E-state index >= 15 is 0 Å². The molecule has 3 aromatic rings. The van der Waals surface area contributed by atoms with Gasteiger partial charge in [-0.2, -0.15) is 5.26 Å².